The summed E-state index contributed by atoms with van der Waals surface area (Å²) in [5.74, 6) is -0.476. The number of sulfonamides is 1. The minimum atomic E-state index is -3.83. The third-order valence-electron chi connectivity index (χ3n) is 3.73. The van der Waals surface area contributed by atoms with Gasteiger partial charge in [-0.15, -0.1) is 0 Å². The zero-order chi connectivity index (χ0) is 16.2. The van der Waals surface area contributed by atoms with Crippen molar-refractivity contribution in [2.45, 2.75) is 24.7 Å². The quantitative estimate of drug-likeness (QED) is 0.802. The van der Waals surface area contributed by atoms with Crippen molar-refractivity contribution in [2.75, 3.05) is 26.3 Å². The number of hydrogen-bond acceptors (Lipinski definition) is 4. The van der Waals surface area contributed by atoms with Crippen LogP contribution >= 0.6 is 0 Å². The van der Waals surface area contributed by atoms with Crippen LogP contribution in [0.4, 0.5) is 4.39 Å². The summed E-state index contributed by atoms with van der Waals surface area (Å²) in [4.78, 5) is -0.0376. The fourth-order valence-corrected chi connectivity index (χ4v) is 4.24. The molecule has 1 unspecified atom stereocenters. The first kappa shape index (κ1) is 16.9. The molecular formula is C15H19FN2O3S. The van der Waals surface area contributed by atoms with Gasteiger partial charge in [0.25, 0.3) is 0 Å². The molecule has 2 rings (SSSR count). The van der Waals surface area contributed by atoms with Gasteiger partial charge >= 0.3 is 0 Å². The maximum absolute atomic E-state index is 13.4. The van der Waals surface area contributed by atoms with E-state index in [9.17, 15) is 12.8 Å². The van der Waals surface area contributed by atoms with E-state index in [1.807, 2.05) is 6.07 Å². The number of benzene rings is 1. The van der Waals surface area contributed by atoms with Crippen molar-refractivity contribution >= 4 is 10.0 Å². The highest BCUT2D eigenvalue weighted by Crippen LogP contribution is 2.24. The van der Waals surface area contributed by atoms with E-state index in [0.717, 1.165) is 12.5 Å². The zero-order valence-corrected chi connectivity index (χ0v) is 13.3. The number of aryl methyl sites for hydroxylation is 1. The molecule has 0 amide bonds. The summed E-state index contributed by atoms with van der Waals surface area (Å²) >= 11 is 0. The van der Waals surface area contributed by atoms with Crippen molar-refractivity contribution in [2.24, 2.45) is 5.92 Å². The molecule has 120 valence electrons. The molecule has 0 aromatic heterocycles. The molecule has 1 aliphatic rings. The molecule has 0 radical (unpaired) electrons. The zero-order valence-electron chi connectivity index (χ0n) is 12.5. The normalized spacial score (nSPS) is 18.5. The number of nitriles is 1. The van der Waals surface area contributed by atoms with E-state index in [1.54, 1.807) is 6.92 Å². The number of ether oxygens (including phenoxy) is 1. The Hall–Kier alpha value is -1.49. The third kappa shape index (κ3) is 3.83. The summed E-state index contributed by atoms with van der Waals surface area (Å²) in [7, 11) is -3.83. The molecule has 1 heterocycles. The first-order chi connectivity index (χ1) is 10.4. The average Bonchev–Trinajstić information content (AvgIpc) is 2.98. The van der Waals surface area contributed by atoms with E-state index in [2.05, 4.69) is 0 Å². The van der Waals surface area contributed by atoms with Crippen LogP contribution in [0.5, 0.6) is 0 Å². The minimum absolute atomic E-state index is 0.0376. The van der Waals surface area contributed by atoms with E-state index < -0.39 is 15.8 Å². The summed E-state index contributed by atoms with van der Waals surface area (Å²) in [5, 5.41) is 8.75. The van der Waals surface area contributed by atoms with Gasteiger partial charge in [-0.1, -0.05) is 6.07 Å². The van der Waals surface area contributed by atoms with E-state index in [0.29, 0.717) is 25.3 Å². The molecule has 1 saturated heterocycles. The van der Waals surface area contributed by atoms with Gasteiger partial charge in [0, 0.05) is 26.1 Å². The van der Waals surface area contributed by atoms with Crippen molar-refractivity contribution in [1.29, 1.82) is 5.26 Å². The Labute approximate surface area is 130 Å². The molecule has 0 N–H and O–H groups in total. The van der Waals surface area contributed by atoms with Crippen LogP contribution in [0.15, 0.2) is 23.1 Å². The highest BCUT2D eigenvalue weighted by Gasteiger charge is 2.30. The molecule has 0 spiro atoms. The Morgan fingerprint density at radius 2 is 2.27 bits per heavy atom. The van der Waals surface area contributed by atoms with Gasteiger partial charge in [-0.3, -0.25) is 0 Å². The lowest BCUT2D eigenvalue weighted by atomic mass is 10.1. The number of hydrogen-bond donors (Lipinski definition) is 0. The third-order valence-corrected chi connectivity index (χ3v) is 5.73. The monoisotopic (exact) mass is 326 g/mol. The maximum atomic E-state index is 13.4. The fraction of sp³-hybridized carbons (Fsp3) is 0.533. The van der Waals surface area contributed by atoms with E-state index in [-0.39, 0.29) is 23.8 Å². The summed E-state index contributed by atoms with van der Waals surface area (Å²) in [6.45, 7) is 3.16. The first-order valence-corrected chi connectivity index (χ1v) is 8.60. The molecule has 1 atom stereocenters. The highest BCUT2D eigenvalue weighted by molar-refractivity contribution is 7.89. The Morgan fingerprint density at radius 3 is 2.91 bits per heavy atom. The SMILES string of the molecule is Cc1ccc(F)cc1S(=O)(=O)N(CCC#N)CC1CCOC1. The standard InChI is InChI=1S/C15H19FN2O3S/c1-12-3-4-14(16)9-15(12)22(19,20)18(7-2-6-17)10-13-5-8-21-11-13/h3-4,9,13H,2,5,7-8,10-11H2,1H3. The Balaban J connectivity index is 2.30. The van der Waals surface area contributed by atoms with Crippen molar-refractivity contribution < 1.29 is 17.5 Å². The number of halogens is 1. The van der Waals surface area contributed by atoms with Crippen molar-refractivity contribution in [3.63, 3.8) is 0 Å². The molecule has 0 aliphatic carbocycles. The molecule has 1 aliphatic heterocycles. The second kappa shape index (κ2) is 7.18. The molecule has 0 bridgehead atoms. The molecular weight excluding hydrogens is 307 g/mol. The summed E-state index contributed by atoms with van der Waals surface area (Å²) in [6.07, 6.45) is 0.891. The second-order valence-corrected chi connectivity index (χ2v) is 7.32. The Bertz CT molecular complexity index is 664. The minimum Gasteiger partial charge on any atom is -0.381 e. The smallest absolute Gasteiger partial charge is 0.243 e. The van der Waals surface area contributed by atoms with Crippen molar-refractivity contribution in [3.05, 3.63) is 29.6 Å². The lowest BCUT2D eigenvalue weighted by Gasteiger charge is -2.24. The average molecular weight is 326 g/mol. The van der Waals surface area contributed by atoms with Gasteiger partial charge in [-0.05, 0) is 37.0 Å². The van der Waals surface area contributed by atoms with Crippen LogP contribution in [0, 0.1) is 30.0 Å². The molecule has 1 aromatic carbocycles. The largest absolute Gasteiger partial charge is 0.381 e. The van der Waals surface area contributed by atoms with Gasteiger partial charge in [-0.25, -0.2) is 12.8 Å². The summed E-state index contributed by atoms with van der Waals surface area (Å²) in [6, 6.07) is 5.68. The molecule has 7 heteroatoms. The highest BCUT2D eigenvalue weighted by atomic mass is 32.2. The summed E-state index contributed by atoms with van der Waals surface area (Å²) < 4.78 is 45.6. The maximum Gasteiger partial charge on any atom is 0.243 e. The van der Waals surface area contributed by atoms with Crippen molar-refractivity contribution in [3.8, 4) is 6.07 Å². The van der Waals surface area contributed by atoms with E-state index >= 15 is 0 Å². The van der Waals surface area contributed by atoms with Crippen LogP contribution in [0.3, 0.4) is 0 Å². The molecule has 1 aromatic rings. The van der Waals surface area contributed by atoms with Gasteiger partial charge in [-0.2, -0.15) is 9.57 Å². The summed E-state index contributed by atoms with van der Waals surface area (Å²) in [5.41, 5.74) is 0.492. The number of nitrogens with zero attached hydrogens (tertiary/aromatic N) is 2. The van der Waals surface area contributed by atoms with Crippen molar-refractivity contribution in [1.82, 2.24) is 4.31 Å². The van der Waals surface area contributed by atoms with Gasteiger partial charge in [0.2, 0.25) is 10.0 Å². The van der Waals surface area contributed by atoms with Crippen LogP contribution in [0.2, 0.25) is 0 Å². The van der Waals surface area contributed by atoms with Crippen LogP contribution in [-0.4, -0.2) is 39.0 Å². The Morgan fingerprint density at radius 1 is 1.50 bits per heavy atom. The topological polar surface area (TPSA) is 70.4 Å². The van der Waals surface area contributed by atoms with Gasteiger partial charge in [0.1, 0.15) is 5.82 Å². The van der Waals surface area contributed by atoms with Gasteiger partial charge in [0.05, 0.1) is 17.6 Å². The lowest BCUT2D eigenvalue weighted by molar-refractivity contribution is 0.180. The van der Waals surface area contributed by atoms with Crippen LogP contribution < -0.4 is 0 Å². The molecule has 0 saturated carbocycles. The first-order valence-electron chi connectivity index (χ1n) is 7.16. The molecule has 1 fully saturated rings. The van der Waals surface area contributed by atoms with E-state index in [1.165, 1.54) is 16.4 Å². The second-order valence-electron chi connectivity index (χ2n) is 5.41. The van der Waals surface area contributed by atoms with Gasteiger partial charge in [0.15, 0.2) is 0 Å². The predicted molar refractivity (Wildman–Crippen MR) is 79.1 cm³/mol. The Kier molecular flexibility index (Phi) is 5.51. The fourth-order valence-electron chi connectivity index (χ4n) is 2.49. The predicted octanol–water partition coefficient (Wildman–Crippen LogP) is 2.08. The van der Waals surface area contributed by atoms with E-state index in [4.69, 9.17) is 10.00 Å². The van der Waals surface area contributed by atoms with Crippen LogP contribution in [0.25, 0.3) is 0 Å². The number of rotatable bonds is 6. The van der Waals surface area contributed by atoms with Gasteiger partial charge < -0.3 is 4.74 Å². The van der Waals surface area contributed by atoms with Crippen LogP contribution in [-0.2, 0) is 14.8 Å². The molecule has 5 nitrogen and oxygen atoms in total. The van der Waals surface area contributed by atoms with Crippen LogP contribution in [0.1, 0.15) is 18.4 Å². The lowest BCUT2D eigenvalue weighted by Crippen LogP contribution is -2.36. The molecule has 22 heavy (non-hydrogen) atoms.